The highest BCUT2D eigenvalue weighted by molar-refractivity contribution is 5.70. The standard InChI is InChI=1S/C42H77F3N2O6/c1-3-5-7-9-11-13-15-17-19-21-23-25-27-29-39(48)51-35-38(53-41(50)46-37-33-47(34-37)32-31-42(43,44)45)36-52-40(49)30-28-26-24-22-20-18-16-14-12-10-8-6-4-2/h37-38H,3-36H2,1-2H3,(H,46,50). The molecule has 0 spiro atoms. The van der Waals surface area contributed by atoms with Crippen molar-refractivity contribution in [3.8, 4) is 0 Å². The van der Waals surface area contributed by atoms with E-state index in [1.807, 2.05) is 0 Å². The first kappa shape index (κ1) is 49.0. The molecule has 1 aliphatic rings. The van der Waals surface area contributed by atoms with Gasteiger partial charge in [0.15, 0.2) is 6.10 Å². The number of alkyl carbamates (subject to hydrolysis) is 1. The van der Waals surface area contributed by atoms with Gasteiger partial charge in [-0.1, -0.05) is 168 Å². The maximum Gasteiger partial charge on any atom is 0.407 e. The summed E-state index contributed by atoms with van der Waals surface area (Å²) >= 11 is 0. The quantitative estimate of drug-likeness (QED) is 0.0386. The van der Waals surface area contributed by atoms with E-state index in [4.69, 9.17) is 14.2 Å². The normalized spacial score (nSPS) is 13.6. The Bertz CT molecular complexity index is 855. The second kappa shape index (κ2) is 33.3. The van der Waals surface area contributed by atoms with Crippen LogP contribution in [0.15, 0.2) is 0 Å². The molecule has 11 heteroatoms. The molecular weight excluding hydrogens is 685 g/mol. The lowest BCUT2D eigenvalue weighted by Gasteiger charge is -2.39. The van der Waals surface area contributed by atoms with Gasteiger partial charge in [-0.2, -0.15) is 13.2 Å². The molecule has 1 fully saturated rings. The van der Waals surface area contributed by atoms with E-state index in [9.17, 15) is 27.6 Å². The van der Waals surface area contributed by atoms with Gasteiger partial charge in [0.2, 0.25) is 0 Å². The first-order chi connectivity index (χ1) is 25.6. The summed E-state index contributed by atoms with van der Waals surface area (Å²) in [5.41, 5.74) is 0. The Morgan fingerprint density at radius 2 is 0.925 bits per heavy atom. The van der Waals surface area contributed by atoms with Gasteiger partial charge in [0.05, 0.1) is 12.5 Å². The lowest BCUT2D eigenvalue weighted by atomic mass is 10.0. The van der Waals surface area contributed by atoms with Crippen LogP contribution in [0.25, 0.3) is 0 Å². The molecule has 1 heterocycles. The third-order valence-corrected chi connectivity index (χ3v) is 10.1. The zero-order valence-corrected chi connectivity index (χ0v) is 33.7. The number of carbonyl (C=O) groups is 3. The number of nitrogens with one attached hydrogen (secondary N) is 1. The molecule has 0 aliphatic carbocycles. The lowest BCUT2D eigenvalue weighted by molar-refractivity contribution is -0.152. The molecule has 0 bridgehead atoms. The number of ether oxygens (including phenoxy) is 3. The topological polar surface area (TPSA) is 94.2 Å². The van der Waals surface area contributed by atoms with Gasteiger partial charge < -0.3 is 19.5 Å². The summed E-state index contributed by atoms with van der Waals surface area (Å²) in [6.45, 7) is 4.46. The number of likely N-dealkylation sites (tertiary alicyclic amines) is 1. The molecule has 8 nitrogen and oxygen atoms in total. The van der Waals surface area contributed by atoms with Crippen molar-refractivity contribution >= 4 is 18.0 Å². The highest BCUT2D eigenvalue weighted by atomic mass is 19.4. The van der Waals surface area contributed by atoms with Crippen molar-refractivity contribution in [2.75, 3.05) is 32.8 Å². The smallest absolute Gasteiger partial charge is 0.407 e. The summed E-state index contributed by atoms with van der Waals surface area (Å²) in [7, 11) is 0. The number of rotatable bonds is 36. The van der Waals surface area contributed by atoms with Gasteiger partial charge >= 0.3 is 24.2 Å². The number of hydrogen-bond acceptors (Lipinski definition) is 7. The molecule has 1 saturated heterocycles. The Labute approximate surface area is 320 Å². The third-order valence-electron chi connectivity index (χ3n) is 10.1. The fourth-order valence-electron chi connectivity index (χ4n) is 6.69. The highest BCUT2D eigenvalue weighted by Gasteiger charge is 2.33. The number of carbonyl (C=O) groups excluding carboxylic acids is 3. The number of unbranched alkanes of at least 4 members (excludes halogenated alkanes) is 24. The van der Waals surface area contributed by atoms with E-state index >= 15 is 0 Å². The molecule has 0 aromatic rings. The van der Waals surface area contributed by atoms with Crippen LogP contribution in [0.3, 0.4) is 0 Å². The number of amides is 1. The van der Waals surface area contributed by atoms with Crippen LogP contribution in [-0.4, -0.2) is 74.1 Å². The van der Waals surface area contributed by atoms with Gasteiger partial charge in [0, 0.05) is 32.5 Å². The third kappa shape index (κ3) is 32.0. The van der Waals surface area contributed by atoms with Crippen LogP contribution in [0, 0.1) is 0 Å². The number of hydrogen-bond donors (Lipinski definition) is 1. The van der Waals surface area contributed by atoms with Crippen LogP contribution < -0.4 is 5.32 Å². The van der Waals surface area contributed by atoms with E-state index in [0.29, 0.717) is 0 Å². The van der Waals surface area contributed by atoms with E-state index < -0.39 is 24.8 Å². The maximum absolute atomic E-state index is 12.6. The average molecular weight is 763 g/mol. The summed E-state index contributed by atoms with van der Waals surface area (Å²) < 4.78 is 53.8. The van der Waals surface area contributed by atoms with E-state index in [1.54, 1.807) is 4.90 Å². The second-order valence-corrected chi connectivity index (χ2v) is 15.3. The van der Waals surface area contributed by atoms with E-state index in [0.717, 1.165) is 38.5 Å². The average Bonchev–Trinajstić information content (AvgIpc) is 3.10. The monoisotopic (exact) mass is 763 g/mol. The minimum absolute atomic E-state index is 0.121. The van der Waals surface area contributed by atoms with Crippen LogP contribution in [0.1, 0.15) is 200 Å². The minimum Gasteiger partial charge on any atom is -0.462 e. The summed E-state index contributed by atoms with van der Waals surface area (Å²) in [5, 5.41) is 2.64. The molecule has 0 aromatic heterocycles. The summed E-state index contributed by atoms with van der Waals surface area (Å²) in [6.07, 6.45) is 25.1. The molecule has 0 saturated carbocycles. The molecule has 1 amide bonds. The van der Waals surface area contributed by atoms with Crippen LogP contribution in [0.5, 0.6) is 0 Å². The molecular formula is C42H77F3N2O6. The molecule has 0 atom stereocenters. The van der Waals surface area contributed by atoms with Crippen LogP contribution in [0.2, 0.25) is 0 Å². The Morgan fingerprint density at radius 3 is 1.26 bits per heavy atom. The molecule has 1 N–H and O–H groups in total. The highest BCUT2D eigenvalue weighted by Crippen LogP contribution is 2.22. The number of halogens is 3. The number of alkyl halides is 3. The van der Waals surface area contributed by atoms with E-state index in [2.05, 4.69) is 19.2 Å². The molecule has 1 rings (SSSR count). The molecule has 1 aliphatic heterocycles. The van der Waals surface area contributed by atoms with Gasteiger partial charge in [0.1, 0.15) is 13.2 Å². The van der Waals surface area contributed by atoms with Crippen molar-refractivity contribution in [1.29, 1.82) is 0 Å². The Kier molecular flexibility index (Phi) is 30.8. The Hall–Kier alpha value is -2.04. The largest absolute Gasteiger partial charge is 0.462 e. The van der Waals surface area contributed by atoms with Crippen molar-refractivity contribution in [2.45, 2.75) is 218 Å². The second-order valence-electron chi connectivity index (χ2n) is 15.3. The zero-order valence-electron chi connectivity index (χ0n) is 33.7. The van der Waals surface area contributed by atoms with Gasteiger partial charge in [0.25, 0.3) is 0 Å². The molecule has 312 valence electrons. The predicted octanol–water partition coefficient (Wildman–Crippen LogP) is 11.8. The van der Waals surface area contributed by atoms with Crippen molar-refractivity contribution in [1.82, 2.24) is 10.2 Å². The Morgan fingerprint density at radius 1 is 0.585 bits per heavy atom. The van der Waals surface area contributed by atoms with Crippen LogP contribution in [-0.2, 0) is 23.8 Å². The van der Waals surface area contributed by atoms with Crippen molar-refractivity contribution in [3.63, 3.8) is 0 Å². The molecule has 0 unspecified atom stereocenters. The predicted molar refractivity (Wildman–Crippen MR) is 207 cm³/mol. The van der Waals surface area contributed by atoms with Crippen molar-refractivity contribution in [3.05, 3.63) is 0 Å². The van der Waals surface area contributed by atoms with Gasteiger partial charge in [-0.05, 0) is 12.8 Å². The lowest BCUT2D eigenvalue weighted by Crippen LogP contribution is -2.60. The summed E-state index contributed by atoms with van der Waals surface area (Å²) in [4.78, 5) is 39.1. The zero-order chi connectivity index (χ0) is 38.8. The van der Waals surface area contributed by atoms with Crippen molar-refractivity contribution in [2.24, 2.45) is 0 Å². The summed E-state index contributed by atoms with van der Waals surface area (Å²) in [6, 6.07) is -0.340. The van der Waals surface area contributed by atoms with Crippen LogP contribution in [0.4, 0.5) is 18.0 Å². The Balaban J connectivity index is 2.29. The van der Waals surface area contributed by atoms with Crippen molar-refractivity contribution < 1.29 is 41.8 Å². The van der Waals surface area contributed by atoms with Gasteiger partial charge in [-0.25, -0.2) is 4.79 Å². The van der Waals surface area contributed by atoms with Gasteiger partial charge in [-0.15, -0.1) is 0 Å². The first-order valence-corrected chi connectivity index (χ1v) is 21.7. The van der Waals surface area contributed by atoms with Gasteiger partial charge in [-0.3, -0.25) is 14.5 Å². The van der Waals surface area contributed by atoms with E-state index in [1.165, 1.54) is 128 Å². The maximum atomic E-state index is 12.6. The fraction of sp³-hybridized carbons (Fsp3) is 0.929. The van der Waals surface area contributed by atoms with E-state index in [-0.39, 0.29) is 63.7 Å². The SMILES string of the molecule is CCCCCCCCCCCCCCCC(=O)OCC(COC(=O)CCCCCCCCCCCCCCC)OC(=O)NC1CN(CCC(F)(F)F)C1. The fourth-order valence-corrected chi connectivity index (χ4v) is 6.69. The summed E-state index contributed by atoms with van der Waals surface area (Å²) in [5.74, 6) is -0.778. The molecule has 0 aromatic carbocycles. The number of nitrogens with zero attached hydrogens (tertiary/aromatic N) is 1. The van der Waals surface area contributed by atoms with Crippen LogP contribution >= 0.6 is 0 Å². The minimum atomic E-state index is -4.22. The molecule has 0 radical (unpaired) electrons. The molecule has 53 heavy (non-hydrogen) atoms. The first-order valence-electron chi connectivity index (χ1n) is 21.7. The number of esters is 2.